The van der Waals surface area contributed by atoms with Crippen molar-refractivity contribution in [2.45, 2.75) is 25.0 Å². The summed E-state index contributed by atoms with van der Waals surface area (Å²) in [6, 6.07) is 22.6. The first-order valence-corrected chi connectivity index (χ1v) is 12.5. The highest BCUT2D eigenvalue weighted by molar-refractivity contribution is 8.15. The molecule has 1 aliphatic rings. The Kier molecular flexibility index (Phi) is 8.10. The van der Waals surface area contributed by atoms with Crippen LogP contribution in [0, 0.1) is 6.92 Å². The van der Waals surface area contributed by atoms with Crippen molar-refractivity contribution < 1.29 is 14.3 Å². The SMILES string of the molecule is COc1ccc(CCN2C(=O)CC(C(=O)Nc3ccc(C)c(Cl)c3)SC2=Nc2ccccc2)cc1. The molecule has 35 heavy (non-hydrogen) atoms. The maximum absolute atomic E-state index is 13.2. The minimum Gasteiger partial charge on any atom is -0.497 e. The van der Waals surface area contributed by atoms with Crippen molar-refractivity contribution in [2.75, 3.05) is 19.0 Å². The fourth-order valence-corrected chi connectivity index (χ4v) is 4.91. The molecule has 1 heterocycles. The van der Waals surface area contributed by atoms with Gasteiger partial charge in [-0.25, -0.2) is 4.99 Å². The number of rotatable bonds is 7. The molecule has 1 atom stereocenters. The number of hydrogen-bond donors (Lipinski definition) is 1. The van der Waals surface area contributed by atoms with Gasteiger partial charge < -0.3 is 10.1 Å². The largest absolute Gasteiger partial charge is 0.497 e. The lowest BCUT2D eigenvalue weighted by Gasteiger charge is -2.32. The smallest absolute Gasteiger partial charge is 0.238 e. The summed E-state index contributed by atoms with van der Waals surface area (Å²) >= 11 is 7.50. The lowest BCUT2D eigenvalue weighted by atomic mass is 10.1. The average molecular weight is 508 g/mol. The monoisotopic (exact) mass is 507 g/mol. The molecule has 0 aliphatic carbocycles. The second-order valence-electron chi connectivity index (χ2n) is 8.14. The van der Waals surface area contributed by atoms with E-state index < -0.39 is 5.25 Å². The minimum absolute atomic E-state index is 0.0898. The number of aliphatic imine (C=N–C) groups is 1. The van der Waals surface area contributed by atoms with Crippen molar-refractivity contribution in [1.82, 2.24) is 4.90 Å². The van der Waals surface area contributed by atoms with Crippen molar-refractivity contribution in [3.05, 3.63) is 88.9 Å². The molecule has 0 saturated carbocycles. The van der Waals surface area contributed by atoms with Crippen molar-refractivity contribution >= 4 is 51.7 Å². The number of thioether (sulfide) groups is 1. The number of halogens is 1. The van der Waals surface area contributed by atoms with Gasteiger partial charge in [0.2, 0.25) is 11.8 Å². The van der Waals surface area contributed by atoms with Crippen LogP contribution in [-0.4, -0.2) is 40.8 Å². The van der Waals surface area contributed by atoms with E-state index in [9.17, 15) is 9.59 Å². The maximum Gasteiger partial charge on any atom is 0.238 e. The first kappa shape index (κ1) is 24.8. The number of benzene rings is 3. The van der Waals surface area contributed by atoms with E-state index in [4.69, 9.17) is 21.3 Å². The molecule has 1 fully saturated rings. The van der Waals surface area contributed by atoms with E-state index in [1.807, 2.05) is 67.6 Å². The van der Waals surface area contributed by atoms with Gasteiger partial charge in [-0.05, 0) is 60.9 Å². The topological polar surface area (TPSA) is 71.0 Å². The highest BCUT2D eigenvalue weighted by Crippen LogP contribution is 2.30. The quantitative estimate of drug-likeness (QED) is 0.435. The van der Waals surface area contributed by atoms with E-state index in [1.54, 1.807) is 24.1 Å². The Morgan fingerprint density at radius 2 is 1.89 bits per heavy atom. The summed E-state index contributed by atoms with van der Waals surface area (Å²) in [6.07, 6.45) is 0.745. The number of carbonyl (C=O) groups is 2. The fourth-order valence-electron chi connectivity index (χ4n) is 3.60. The van der Waals surface area contributed by atoms with E-state index >= 15 is 0 Å². The molecule has 6 nitrogen and oxygen atoms in total. The fraction of sp³-hybridized carbons (Fsp3) is 0.222. The Labute approximate surface area is 214 Å². The summed E-state index contributed by atoms with van der Waals surface area (Å²) < 4.78 is 5.22. The molecule has 0 radical (unpaired) electrons. The zero-order chi connectivity index (χ0) is 24.8. The maximum atomic E-state index is 13.2. The van der Waals surface area contributed by atoms with Crippen molar-refractivity contribution in [3.8, 4) is 5.75 Å². The molecule has 8 heteroatoms. The number of amides is 2. The van der Waals surface area contributed by atoms with Crippen LogP contribution in [0.25, 0.3) is 0 Å². The highest BCUT2D eigenvalue weighted by Gasteiger charge is 2.35. The normalized spacial score (nSPS) is 16.9. The van der Waals surface area contributed by atoms with Crippen molar-refractivity contribution in [3.63, 3.8) is 0 Å². The highest BCUT2D eigenvalue weighted by atomic mass is 35.5. The van der Waals surface area contributed by atoms with Crippen LogP contribution < -0.4 is 10.1 Å². The molecule has 0 aromatic heterocycles. The van der Waals surface area contributed by atoms with E-state index in [-0.39, 0.29) is 18.2 Å². The molecule has 1 saturated heterocycles. The Morgan fingerprint density at radius 3 is 2.57 bits per heavy atom. The van der Waals surface area contributed by atoms with Crippen LogP contribution in [0.15, 0.2) is 77.8 Å². The van der Waals surface area contributed by atoms with Gasteiger partial charge in [0.1, 0.15) is 11.0 Å². The molecule has 0 spiro atoms. The number of ether oxygens (including phenoxy) is 1. The molecule has 2 amide bonds. The molecule has 4 rings (SSSR count). The third-order valence-electron chi connectivity index (χ3n) is 5.64. The second kappa shape index (κ2) is 11.4. The number of anilines is 1. The van der Waals surface area contributed by atoms with Crippen molar-refractivity contribution in [1.29, 1.82) is 0 Å². The van der Waals surface area contributed by atoms with Crippen LogP contribution in [0.1, 0.15) is 17.5 Å². The summed E-state index contributed by atoms with van der Waals surface area (Å²) in [6.45, 7) is 2.36. The number of amidine groups is 1. The van der Waals surface area contributed by atoms with Gasteiger partial charge in [0.05, 0.1) is 12.8 Å². The van der Waals surface area contributed by atoms with Gasteiger partial charge in [-0.15, -0.1) is 0 Å². The predicted molar refractivity (Wildman–Crippen MR) is 143 cm³/mol. The summed E-state index contributed by atoms with van der Waals surface area (Å²) in [5.41, 5.74) is 3.33. The number of methoxy groups -OCH3 is 1. The molecular formula is C27H26ClN3O3S. The third-order valence-corrected chi connectivity index (χ3v) is 7.23. The predicted octanol–water partition coefficient (Wildman–Crippen LogP) is 5.86. The Morgan fingerprint density at radius 1 is 1.14 bits per heavy atom. The number of aryl methyl sites for hydroxylation is 1. The average Bonchev–Trinajstić information content (AvgIpc) is 2.86. The van der Waals surface area contributed by atoms with Crippen LogP contribution in [0.2, 0.25) is 5.02 Å². The van der Waals surface area contributed by atoms with E-state index in [1.165, 1.54) is 11.8 Å². The Balaban J connectivity index is 1.52. The molecule has 180 valence electrons. The molecule has 3 aromatic rings. The van der Waals surface area contributed by atoms with E-state index in [0.717, 1.165) is 22.6 Å². The lowest BCUT2D eigenvalue weighted by Crippen LogP contribution is -2.46. The van der Waals surface area contributed by atoms with Crippen LogP contribution >= 0.6 is 23.4 Å². The standard InChI is InChI=1S/C27H26ClN3O3S/c1-18-8-11-21(16-23(18)28)29-26(33)24-17-25(32)31(15-14-19-9-12-22(34-2)13-10-19)27(35-24)30-20-6-4-3-5-7-20/h3-13,16,24H,14-15,17H2,1-2H3,(H,29,33). The minimum atomic E-state index is -0.595. The van der Waals surface area contributed by atoms with Gasteiger partial charge in [0.15, 0.2) is 5.17 Å². The summed E-state index contributed by atoms with van der Waals surface area (Å²) in [5, 5.41) is 3.38. The third kappa shape index (κ3) is 6.44. The van der Waals surface area contributed by atoms with E-state index in [0.29, 0.717) is 28.8 Å². The van der Waals surface area contributed by atoms with Crippen LogP contribution in [0.3, 0.4) is 0 Å². The lowest BCUT2D eigenvalue weighted by molar-refractivity contribution is -0.129. The number of nitrogens with one attached hydrogen (secondary N) is 1. The second-order valence-corrected chi connectivity index (χ2v) is 9.71. The Bertz CT molecular complexity index is 1230. The molecular weight excluding hydrogens is 482 g/mol. The molecule has 3 aromatic carbocycles. The van der Waals surface area contributed by atoms with Gasteiger partial charge in [0.25, 0.3) is 0 Å². The van der Waals surface area contributed by atoms with Crippen LogP contribution in [-0.2, 0) is 16.0 Å². The molecule has 1 aliphatic heterocycles. The zero-order valence-electron chi connectivity index (χ0n) is 19.5. The van der Waals surface area contributed by atoms with Gasteiger partial charge in [0, 0.05) is 23.7 Å². The van der Waals surface area contributed by atoms with Crippen LogP contribution in [0.4, 0.5) is 11.4 Å². The van der Waals surface area contributed by atoms with Gasteiger partial charge >= 0.3 is 0 Å². The first-order chi connectivity index (χ1) is 16.9. The summed E-state index contributed by atoms with van der Waals surface area (Å²) in [7, 11) is 1.63. The van der Waals surface area contributed by atoms with Gasteiger partial charge in [-0.1, -0.05) is 59.8 Å². The first-order valence-electron chi connectivity index (χ1n) is 11.2. The van der Waals surface area contributed by atoms with Gasteiger partial charge in [-0.3, -0.25) is 14.5 Å². The molecule has 1 unspecified atom stereocenters. The summed E-state index contributed by atoms with van der Waals surface area (Å²) in [4.78, 5) is 32.6. The molecule has 1 N–H and O–H groups in total. The number of carbonyl (C=O) groups excluding carboxylic acids is 2. The summed E-state index contributed by atoms with van der Waals surface area (Å²) in [5.74, 6) is 0.404. The number of hydrogen-bond acceptors (Lipinski definition) is 5. The Hall–Kier alpha value is -3.29. The van der Waals surface area contributed by atoms with Crippen molar-refractivity contribution in [2.24, 2.45) is 4.99 Å². The number of nitrogens with zero attached hydrogens (tertiary/aromatic N) is 2. The number of para-hydroxylation sites is 1. The van der Waals surface area contributed by atoms with Gasteiger partial charge in [-0.2, -0.15) is 0 Å². The van der Waals surface area contributed by atoms with E-state index in [2.05, 4.69) is 5.32 Å². The molecule has 0 bridgehead atoms. The van der Waals surface area contributed by atoms with Crippen LogP contribution in [0.5, 0.6) is 5.75 Å². The zero-order valence-corrected chi connectivity index (χ0v) is 21.1.